The summed E-state index contributed by atoms with van der Waals surface area (Å²) in [5, 5.41) is 0.422. The Morgan fingerprint density at radius 2 is 2.13 bits per heavy atom. The number of ether oxygens (including phenoxy) is 2. The Bertz CT molecular complexity index is 756. The maximum atomic E-state index is 12.6. The number of alkyl halides is 1. The standard InChI is InChI=1S/C13H8Cl2N4O4/c14-5-22-13-11-10(17-4-9(18-11)23-6-20)12(21)19(13)8-2-1-7(15)3-16-8/h1-4,6,13H,5H2/t13-/m0/s1. The number of halogens is 2. The molecule has 0 fully saturated rings. The van der Waals surface area contributed by atoms with Crippen LogP contribution in [0, 0.1) is 0 Å². The number of pyridine rings is 1. The van der Waals surface area contributed by atoms with Crippen LogP contribution in [0.25, 0.3) is 0 Å². The van der Waals surface area contributed by atoms with Crippen molar-refractivity contribution in [3.05, 3.63) is 40.9 Å². The van der Waals surface area contributed by atoms with Crippen molar-refractivity contribution in [3.8, 4) is 5.88 Å². The number of hydrogen-bond acceptors (Lipinski definition) is 7. The number of hydrogen-bond donors (Lipinski definition) is 0. The lowest BCUT2D eigenvalue weighted by Crippen LogP contribution is -2.30. The molecule has 1 atom stereocenters. The average Bonchev–Trinajstić information content (AvgIpc) is 2.82. The molecule has 10 heteroatoms. The Morgan fingerprint density at radius 1 is 1.30 bits per heavy atom. The molecule has 0 radical (unpaired) electrons. The quantitative estimate of drug-likeness (QED) is 0.597. The van der Waals surface area contributed by atoms with Gasteiger partial charge in [-0.3, -0.25) is 14.5 Å². The Morgan fingerprint density at radius 3 is 2.78 bits per heavy atom. The molecule has 3 heterocycles. The normalized spacial score (nSPS) is 16.3. The summed E-state index contributed by atoms with van der Waals surface area (Å²) in [5.74, 6) is -0.220. The number of carbonyl (C=O) groups excluding carboxylic acids is 2. The van der Waals surface area contributed by atoms with Crippen molar-refractivity contribution in [1.29, 1.82) is 0 Å². The van der Waals surface area contributed by atoms with E-state index in [1.165, 1.54) is 17.3 Å². The molecule has 1 amide bonds. The lowest BCUT2D eigenvalue weighted by Gasteiger charge is -2.22. The second-order valence-corrected chi connectivity index (χ2v) is 4.95. The molecular formula is C13H8Cl2N4O4. The van der Waals surface area contributed by atoms with E-state index in [1.54, 1.807) is 12.1 Å². The van der Waals surface area contributed by atoms with E-state index in [1.807, 2.05) is 0 Å². The predicted molar refractivity (Wildman–Crippen MR) is 79.3 cm³/mol. The molecular weight excluding hydrogens is 347 g/mol. The zero-order valence-electron chi connectivity index (χ0n) is 11.3. The summed E-state index contributed by atoms with van der Waals surface area (Å²) in [6.45, 7) is 0.211. The number of aromatic nitrogens is 3. The smallest absolute Gasteiger partial charge is 0.299 e. The molecule has 8 nitrogen and oxygen atoms in total. The van der Waals surface area contributed by atoms with Crippen molar-refractivity contribution >= 4 is 41.4 Å². The van der Waals surface area contributed by atoms with Gasteiger partial charge < -0.3 is 9.47 Å². The van der Waals surface area contributed by atoms with Crippen molar-refractivity contribution < 1.29 is 19.1 Å². The van der Waals surface area contributed by atoms with Crippen LogP contribution in [0.2, 0.25) is 5.02 Å². The molecule has 0 unspecified atom stereocenters. The third-order valence-corrected chi connectivity index (χ3v) is 3.37. The summed E-state index contributed by atoms with van der Waals surface area (Å²) in [5.41, 5.74) is 0.252. The van der Waals surface area contributed by atoms with E-state index in [2.05, 4.69) is 19.7 Å². The first-order valence-electron chi connectivity index (χ1n) is 6.25. The van der Waals surface area contributed by atoms with Crippen molar-refractivity contribution in [2.24, 2.45) is 0 Å². The third-order valence-electron chi connectivity index (χ3n) is 3.02. The predicted octanol–water partition coefficient (Wildman–Crippen LogP) is 1.93. The van der Waals surface area contributed by atoms with Gasteiger partial charge in [0.15, 0.2) is 11.9 Å². The molecule has 0 saturated carbocycles. The van der Waals surface area contributed by atoms with Gasteiger partial charge in [-0.05, 0) is 12.1 Å². The molecule has 0 spiro atoms. The fraction of sp³-hybridized carbons (Fsp3) is 0.154. The van der Waals surface area contributed by atoms with Gasteiger partial charge in [-0.1, -0.05) is 23.2 Å². The minimum absolute atomic E-state index is 0.0550. The van der Waals surface area contributed by atoms with Gasteiger partial charge in [-0.25, -0.2) is 15.0 Å². The van der Waals surface area contributed by atoms with Crippen LogP contribution in [0.5, 0.6) is 5.88 Å². The molecule has 0 saturated heterocycles. The highest BCUT2D eigenvalue weighted by Crippen LogP contribution is 2.36. The molecule has 0 aliphatic carbocycles. The zero-order chi connectivity index (χ0) is 16.4. The number of nitrogens with zero attached hydrogens (tertiary/aromatic N) is 4. The van der Waals surface area contributed by atoms with E-state index in [0.717, 1.165) is 0 Å². The van der Waals surface area contributed by atoms with E-state index in [9.17, 15) is 9.59 Å². The molecule has 1 aliphatic rings. The van der Waals surface area contributed by atoms with Gasteiger partial charge in [0.05, 0.1) is 11.2 Å². The van der Waals surface area contributed by atoms with Gasteiger partial charge in [0, 0.05) is 6.20 Å². The maximum absolute atomic E-state index is 12.6. The number of rotatable bonds is 5. The largest absolute Gasteiger partial charge is 0.408 e. The van der Waals surface area contributed by atoms with Crippen LogP contribution < -0.4 is 9.64 Å². The second kappa shape index (κ2) is 6.45. The number of carbonyl (C=O) groups is 2. The zero-order valence-corrected chi connectivity index (χ0v) is 12.9. The molecule has 3 rings (SSSR count). The van der Waals surface area contributed by atoms with Crippen LogP contribution in [-0.2, 0) is 9.53 Å². The van der Waals surface area contributed by atoms with E-state index >= 15 is 0 Å². The minimum atomic E-state index is -0.939. The van der Waals surface area contributed by atoms with Gasteiger partial charge in [0.25, 0.3) is 12.4 Å². The molecule has 0 N–H and O–H groups in total. The van der Waals surface area contributed by atoms with E-state index < -0.39 is 12.1 Å². The van der Waals surface area contributed by atoms with Crippen LogP contribution >= 0.6 is 23.2 Å². The highest BCUT2D eigenvalue weighted by molar-refractivity contribution is 6.30. The van der Waals surface area contributed by atoms with Crippen molar-refractivity contribution in [1.82, 2.24) is 15.0 Å². The highest BCUT2D eigenvalue weighted by Gasteiger charge is 2.42. The molecule has 118 valence electrons. The summed E-state index contributed by atoms with van der Waals surface area (Å²) in [4.78, 5) is 36.4. The van der Waals surface area contributed by atoms with Gasteiger partial charge in [-0.15, -0.1) is 0 Å². The number of fused-ring (bicyclic) bond motifs is 1. The van der Waals surface area contributed by atoms with Gasteiger partial charge in [-0.2, -0.15) is 0 Å². The molecule has 0 bridgehead atoms. The van der Waals surface area contributed by atoms with Crippen LogP contribution in [0.1, 0.15) is 22.4 Å². The molecule has 23 heavy (non-hydrogen) atoms. The van der Waals surface area contributed by atoms with Gasteiger partial charge in [0.2, 0.25) is 5.88 Å². The average molecular weight is 355 g/mol. The Hall–Kier alpha value is -2.29. The van der Waals surface area contributed by atoms with Crippen LogP contribution in [-0.4, -0.2) is 33.4 Å². The molecule has 1 aliphatic heterocycles. The SMILES string of the molecule is O=COc1cnc2c(n1)[C@H](OCCl)N(c1ccc(Cl)cn1)C2=O. The summed E-state index contributed by atoms with van der Waals surface area (Å²) < 4.78 is 10.0. The van der Waals surface area contributed by atoms with E-state index in [-0.39, 0.29) is 29.8 Å². The molecule has 0 aromatic carbocycles. The molecule has 2 aromatic rings. The fourth-order valence-corrected chi connectivity index (χ4v) is 2.35. The van der Waals surface area contributed by atoms with Crippen LogP contribution in [0.4, 0.5) is 5.82 Å². The topological polar surface area (TPSA) is 94.5 Å². The van der Waals surface area contributed by atoms with Gasteiger partial charge >= 0.3 is 0 Å². The van der Waals surface area contributed by atoms with Crippen molar-refractivity contribution in [3.63, 3.8) is 0 Å². The fourth-order valence-electron chi connectivity index (χ4n) is 2.12. The highest BCUT2D eigenvalue weighted by atomic mass is 35.5. The van der Waals surface area contributed by atoms with E-state index in [4.69, 9.17) is 27.9 Å². The van der Waals surface area contributed by atoms with Crippen molar-refractivity contribution in [2.75, 3.05) is 11.0 Å². The van der Waals surface area contributed by atoms with Gasteiger partial charge in [0.1, 0.15) is 17.6 Å². The third kappa shape index (κ3) is 2.83. The summed E-state index contributed by atoms with van der Waals surface area (Å²) >= 11 is 11.4. The van der Waals surface area contributed by atoms with E-state index in [0.29, 0.717) is 10.8 Å². The number of amides is 1. The Labute approximate surface area is 140 Å². The van der Waals surface area contributed by atoms with Crippen LogP contribution in [0.15, 0.2) is 24.5 Å². The van der Waals surface area contributed by atoms with Crippen LogP contribution in [0.3, 0.4) is 0 Å². The molecule has 2 aromatic heterocycles. The lowest BCUT2D eigenvalue weighted by molar-refractivity contribution is -0.121. The number of anilines is 1. The maximum Gasteiger partial charge on any atom is 0.299 e. The second-order valence-electron chi connectivity index (χ2n) is 4.29. The Kier molecular flexibility index (Phi) is 4.37. The first kappa shape index (κ1) is 15.6. The first-order chi connectivity index (χ1) is 11.2. The lowest BCUT2D eigenvalue weighted by atomic mass is 10.3. The first-order valence-corrected chi connectivity index (χ1v) is 7.17. The minimum Gasteiger partial charge on any atom is -0.408 e. The Balaban J connectivity index is 2.05. The summed E-state index contributed by atoms with van der Waals surface area (Å²) in [7, 11) is 0. The van der Waals surface area contributed by atoms with Crippen molar-refractivity contribution in [2.45, 2.75) is 6.23 Å². The summed E-state index contributed by atoms with van der Waals surface area (Å²) in [6.07, 6.45) is 1.63. The monoisotopic (exact) mass is 354 g/mol. The summed E-state index contributed by atoms with van der Waals surface area (Å²) in [6, 6.07) is 2.95.